The summed E-state index contributed by atoms with van der Waals surface area (Å²) in [5.74, 6) is 0.536. The van der Waals surface area contributed by atoms with Crippen LogP contribution in [0.15, 0.2) is 42.5 Å². The number of aryl methyl sites for hydroxylation is 1. The number of alkyl carbamates (subject to hydrolysis) is 1. The smallest absolute Gasteiger partial charge is 0.408 e. The Morgan fingerprint density at radius 3 is 2.29 bits per heavy atom. The molecule has 2 aromatic carbocycles. The van der Waals surface area contributed by atoms with E-state index < -0.39 is 47.9 Å². The van der Waals surface area contributed by atoms with Gasteiger partial charge >= 0.3 is 6.09 Å². The summed E-state index contributed by atoms with van der Waals surface area (Å²) in [6.45, 7) is 8.99. The monoisotopic (exact) mass is 582 g/mol. The van der Waals surface area contributed by atoms with Gasteiger partial charge in [0.15, 0.2) is 0 Å². The Morgan fingerprint density at radius 1 is 1.10 bits per heavy atom. The molecule has 0 radical (unpaired) electrons. The molecule has 2 atom stereocenters. The van der Waals surface area contributed by atoms with Gasteiger partial charge in [-0.05, 0) is 63.4 Å². The molecule has 0 aromatic heterocycles. The van der Waals surface area contributed by atoms with Crippen LogP contribution in [0.1, 0.15) is 76.1 Å². The van der Waals surface area contributed by atoms with E-state index in [-0.39, 0.29) is 6.54 Å². The highest BCUT2D eigenvalue weighted by atomic mass is 35.5. The average Bonchev–Trinajstić information content (AvgIpc) is 2.88. The van der Waals surface area contributed by atoms with Crippen molar-refractivity contribution in [1.29, 1.82) is 0 Å². The van der Waals surface area contributed by atoms with Gasteiger partial charge in [-0.3, -0.25) is 14.4 Å². The Bertz CT molecular complexity index is 1260. The Morgan fingerprint density at radius 2 is 1.76 bits per heavy atom. The zero-order valence-corrected chi connectivity index (χ0v) is 25.0. The van der Waals surface area contributed by atoms with Crippen LogP contribution in [0.25, 0.3) is 0 Å². The molecule has 0 spiro atoms. The number of rotatable bonds is 12. The lowest BCUT2D eigenvalue weighted by Crippen LogP contribution is -2.53. The summed E-state index contributed by atoms with van der Waals surface area (Å²) >= 11 is 6.40. The van der Waals surface area contributed by atoms with Crippen LogP contribution in [-0.4, -0.2) is 46.9 Å². The molecular weight excluding hydrogens is 544 g/mol. The fourth-order valence-corrected chi connectivity index (χ4v) is 4.44. The molecule has 9 nitrogen and oxygen atoms in total. The number of ether oxygens (including phenoxy) is 1. The largest absolute Gasteiger partial charge is 0.444 e. The molecule has 220 valence electrons. The summed E-state index contributed by atoms with van der Waals surface area (Å²) in [6.07, 6.45) is 6.35. The van der Waals surface area contributed by atoms with Crippen LogP contribution in [-0.2, 0) is 19.1 Å². The van der Waals surface area contributed by atoms with E-state index in [1.54, 1.807) is 70.2 Å². The van der Waals surface area contributed by atoms with Crippen molar-refractivity contribution in [3.63, 3.8) is 0 Å². The first kappa shape index (κ1) is 33.2. The molecule has 0 aliphatic heterocycles. The third kappa shape index (κ3) is 10.1. The van der Waals surface area contributed by atoms with Crippen molar-refractivity contribution in [2.75, 3.05) is 11.9 Å². The second-order valence-electron chi connectivity index (χ2n) is 10.7. The van der Waals surface area contributed by atoms with Crippen molar-refractivity contribution in [1.82, 2.24) is 10.2 Å². The summed E-state index contributed by atoms with van der Waals surface area (Å²) < 4.78 is 5.32. The molecule has 0 heterocycles. The number of hydrogen-bond acceptors (Lipinski definition) is 5. The minimum atomic E-state index is -1.37. The standard InChI is InChI=1S/C31H39ClN4O5/c1-7-9-10-18-36(29(39)24(19-25(33)37)34-30(40)41-31(4,5)6)27(22-16-14-21(8-2)15-17-22)28(38)35-26-20(3)12-11-13-23(26)32/h2,11-17,24,27H,7,9-10,18-19H2,1,3-6H3,(H2,33,37)(H,34,40)(H,35,38). The normalized spacial score (nSPS) is 12.4. The predicted octanol–water partition coefficient (Wildman–Crippen LogP) is 5.10. The molecule has 41 heavy (non-hydrogen) atoms. The summed E-state index contributed by atoms with van der Waals surface area (Å²) in [5, 5.41) is 5.68. The molecule has 0 aliphatic rings. The van der Waals surface area contributed by atoms with Crippen LogP contribution in [0.4, 0.5) is 10.5 Å². The molecule has 2 aromatic rings. The number of nitrogens with zero attached hydrogens (tertiary/aromatic N) is 1. The van der Waals surface area contributed by atoms with Gasteiger partial charge in [-0.15, -0.1) is 6.42 Å². The Kier molecular flexibility index (Phi) is 12.2. The zero-order chi connectivity index (χ0) is 30.7. The van der Waals surface area contributed by atoms with E-state index >= 15 is 0 Å². The molecule has 0 bridgehead atoms. The van der Waals surface area contributed by atoms with Gasteiger partial charge in [-0.25, -0.2) is 4.79 Å². The van der Waals surface area contributed by atoms with Gasteiger partial charge in [-0.2, -0.15) is 0 Å². The van der Waals surface area contributed by atoms with Crippen LogP contribution >= 0.6 is 11.6 Å². The lowest BCUT2D eigenvalue weighted by atomic mass is 9.99. The molecular formula is C31H39ClN4O5. The average molecular weight is 583 g/mol. The van der Waals surface area contributed by atoms with Gasteiger partial charge in [0.1, 0.15) is 17.7 Å². The third-order valence-corrected chi connectivity index (χ3v) is 6.42. The molecule has 0 fully saturated rings. The van der Waals surface area contributed by atoms with E-state index in [9.17, 15) is 19.2 Å². The first-order valence-corrected chi connectivity index (χ1v) is 13.9. The van der Waals surface area contributed by atoms with E-state index in [0.717, 1.165) is 18.4 Å². The number of unbranched alkanes of at least 4 members (excludes halogenated alkanes) is 2. The lowest BCUT2D eigenvalue weighted by Gasteiger charge is -2.34. The van der Waals surface area contributed by atoms with Gasteiger partial charge < -0.3 is 26.0 Å². The second kappa shape index (κ2) is 15.1. The van der Waals surface area contributed by atoms with E-state index in [1.165, 1.54) is 4.90 Å². The van der Waals surface area contributed by atoms with E-state index in [1.807, 2.05) is 6.92 Å². The highest BCUT2D eigenvalue weighted by Gasteiger charge is 2.37. The maximum atomic E-state index is 14.1. The van der Waals surface area contributed by atoms with E-state index in [0.29, 0.717) is 28.3 Å². The van der Waals surface area contributed by atoms with Gasteiger partial charge in [0.2, 0.25) is 11.8 Å². The number of para-hydroxylation sites is 1. The van der Waals surface area contributed by atoms with E-state index in [4.69, 9.17) is 28.5 Å². The number of halogens is 1. The molecule has 2 unspecified atom stereocenters. The predicted molar refractivity (Wildman–Crippen MR) is 160 cm³/mol. The van der Waals surface area contributed by atoms with E-state index in [2.05, 4.69) is 16.6 Å². The summed E-state index contributed by atoms with van der Waals surface area (Å²) in [4.78, 5) is 54.1. The van der Waals surface area contributed by atoms with Crippen molar-refractivity contribution in [3.8, 4) is 12.3 Å². The van der Waals surface area contributed by atoms with Crippen molar-refractivity contribution >= 4 is 41.1 Å². The number of terminal acetylenes is 1. The zero-order valence-electron chi connectivity index (χ0n) is 24.3. The SMILES string of the molecule is C#Cc1ccc(C(C(=O)Nc2c(C)cccc2Cl)N(CCCCC)C(=O)C(CC(N)=O)NC(=O)OC(C)(C)C)cc1. The van der Waals surface area contributed by atoms with Crippen molar-refractivity contribution in [2.24, 2.45) is 5.73 Å². The maximum Gasteiger partial charge on any atom is 0.408 e. The number of benzene rings is 2. The fourth-order valence-electron chi connectivity index (χ4n) is 4.17. The summed E-state index contributed by atoms with van der Waals surface area (Å²) in [6, 6.07) is 9.38. The second-order valence-corrected chi connectivity index (χ2v) is 11.1. The minimum Gasteiger partial charge on any atom is -0.444 e. The van der Waals surface area contributed by atoms with Crippen LogP contribution < -0.4 is 16.4 Å². The maximum absolute atomic E-state index is 14.1. The molecule has 4 N–H and O–H groups in total. The number of nitrogens with one attached hydrogen (secondary N) is 2. The van der Waals surface area contributed by atoms with Crippen molar-refractivity contribution in [3.05, 3.63) is 64.2 Å². The minimum absolute atomic E-state index is 0.161. The van der Waals surface area contributed by atoms with Crippen molar-refractivity contribution < 1.29 is 23.9 Å². The van der Waals surface area contributed by atoms with Crippen LogP contribution in [0.5, 0.6) is 0 Å². The number of hydrogen-bond donors (Lipinski definition) is 3. The number of carbonyl (C=O) groups excluding carboxylic acids is 4. The topological polar surface area (TPSA) is 131 Å². The lowest BCUT2D eigenvalue weighted by molar-refractivity contribution is -0.142. The quantitative estimate of drug-likeness (QED) is 0.237. The highest BCUT2D eigenvalue weighted by Crippen LogP contribution is 2.30. The number of carbonyl (C=O) groups is 4. The molecule has 0 saturated heterocycles. The first-order valence-electron chi connectivity index (χ1n) is 13.5. The highest BCUT2D eigenvalue weighted by molar-refractivity contribution is 6.34. The van der Waals surface area contributed by atoms with Crippen LogP contribution in [0, 0.1) is 19.3 Å². The summed E-state index contributed by atoms with van der Waals surface area (Å²) in [5.41, 5.74) is 6.82. The van der Waals surface area contributed by atoms with Gasteiger partial charge in [-0.1, -0.05) is 61.6 Å². The molecule has 2 rings (SSSR count). The molecule has 4 amide bonds. The Hall–Kier alpha value is -4.03. The van der Waals surface area contributed by atoms with Crippen LogP contribution in [0.2, 0.25) is 5.02 Å². The number of amides is 4. The molecule has 0 saturated carbocycles. The summed E-state index contributed by atoms with van der Waals surface area (Å²) in [7, 11) is 0. The third-order valence-electron chi connectivity index (χ3n) is 6.10. The van der Waals surface area contributed by atoms with Gasteiger partial charge in [0, 0.05) is 12.1 Å². The van der Waals surface area contributed by atoms with Gasteiger partial charge in [0.25, 0.3) is 5.91 Å². The fraction of sp³-hybridized carbons (Fsp3) is 0.419. The van der Waals surface area contributed by atoms with Crippen molar-refractivity contribution in [2.45, 2.75) is 78.0 Å². The van der Waals surface area contributed by atoms with Gasteiger partial charge in [0.05, 0.1) is 17.1 Å². The number of anilines is 1. The number of primary amides is 1. The van der Waals surface area contributed by atoms with Crippen LogP contribution in [0.3, 0.4) is 0 Å². The molecule has 0 aliphatic carbocycles. The molecule has 10 heteroatoms. The number of nitrogens with two attached hydrogens (primary N) is 1. The first-order chi connectivity index (χ1) is 19.3. The Balaban J connectivity index is 2.61. The Labute approximate surface area is 247 Å².